The van der Waals surface area contributed by atoms with Crippen molar-refractivity contribution in [1.82, 2.24) is 25.4 Å². The smallest absolute Gasteiger partial charge is 0.409 e. The molecule has 2 aromatic rings. The van der Waals surface area contributed by atoms with Crippen molar-refractivity contribution >= 4 is 12.0 Å². The topological polar surface area (TPSA) is 110 Å². The van der Waals surface area contributed by atoms with Crippen LogP contribution in [0.5, 0.6) is 0 Å². The average molecular weight is 373 g/mol. The zero-order valence-corrected chi connectivity index (χ0v) is 15.3. The van der Waals surface area contributed by atoms with Crippen LogP contribution in [0.25, 0.3) is 11.5 Å². The number of ether oxygens (including phenoxy) is 1. The van der Waals surface area contributed by atoms with Crippen molar-refractivity contribution in [3.8, 4) is 11.5 Å². The van der Waals surface area contributed by atoms with Crippen LogP contribution in [0.1, 0.15) is 32.1 Å². The van der Waals surface area contributed by atoms with Gasteiger partial charge in [-0.15, -0.1) is 10.2 Å². The first-order chi connectivity index (χ1) is 13.2. The summed E-state index contributed by atoms with van der Waals surface area (Å²) in [5, 5.41) is 11.0. The van der Waals surface area contributed by atoms with Crippen molar-refractivity contribution in [2.45, 2.75) is 38.6 Å². The molecule has 2 amide bonds. The summed E-state index contributed by atoms with van der Waals surface area (Å²) in [6.07, 6.45) is 5.11. The summed E-state index contributed by atoms with van der Waals surface area (Å²) in [6, 6.07) is 3.64. The van der Waals surface area contributed by atoms with E-state index in [4.69, 9.17) is 9.15 Å². The fraction of sp³-hybridized carbons (Fsp3) is 0.500. The Balaban J connectivity index is 1.41. The summed E-state index contributed by atoms with van der Waals surface area (Å²) < 4.78 is 10.6. The van der Waals surface area contributed by atoms with Crippen LogP contribution in [0.4, 0.5) is 4.79 Å². The van der Waals surface area contributed by atoms with Gasteiger partial charge in [-0.3, -0.25) is 9.78 Å². The zero-order valence-electron chi connectivity index (χ0n) is 15.3. The predicted octanol–water partition coefficient (Wildman–Crippen LogP) is 1.80. The van der Waals surface area contributed by atoms with Crippen LogP contribution in [-0.4, -0.2) is 57.8 Å². The fourth-order valence-electron chi connectivity index (χ4n) is 2.91. The number of hydrogen-bond acceptors (Lipinski definition) is 7. The van der Waals surface area contributed by atoms with Crippen molar-refractivity contribution in [1.29, 1.82) is 0 Å². The number of amides is 2. The number of carbonyl (C=O) groups excluding carboxylic acids is 2. The third-order valence-corrected chi connectivity index (χ3v) is 4.35. The van der Waals surface area contributed by atoms with Gasteiger partial charge >= 0.3 is 6.09 Å². The number of nitrogens with one attached hydrogen (secondary N) is 1. The van der Waals surface area contributed by atoms with E-state index in [1.54, 1.807) is 36.4 Å². The highest BCUT2D eigenvalue weighted by Gasteiger charge is 2.24. The number of rotatable bonds is 6. The number of hydrogen-bond donors (Lipinski definition) is 1. The minimum absolute atomic E-state index is 0.0618. The summed E-state index contributed by atoms with van der Waals surface area (Å²) in [7, 11) is 0. The molecule has 9 nitrogen and oxygen atoms in total. The number of pyridine rings is 1. The molecule has 0 bridgehead atoms. The maximum Gasteiger partial charge on any atom is 0.409 e. The van der Waals surface area contributed by atoms with Crippen molar-refractivity contribution in [3.63, 3.8) is 0 Å². The van der Waals surface area contributed by atoms with Gasteiger partial charge in [-0.2, -0.15) is 0 Å². The third kappa shape index (κ3) is 5.25. The number of likely N-dealkylation sites (tertiary alicyclic amines) is 1. The van der Waals surface area contributed by atoms with E-state index in [2.05, 4.69) is 20.5 Å². The van der Waals surface area contributed by atoms with E-state index in [9.17, 15) is 9.59 Å². The molecule has 3 rings (SSSR count). The van der Waals surface area contributed by atoms with Gasteiger partial charge in [0.05, 0.1) is 6.61 Å². The summed E-state index contributed by atoms with van der Waals surface area (Å²) >= 11 is 0. The molecular weight excluding hydrogens is 350 g/mol. The van der Waals surface area contributed by atoms with Crippen LogP contribution < -0.4 is 5.32 Å². The molecule has 1 N–H and O–H groups in total. The van der Waals surface area contributed by atoms with Crippen molar-refractivity contribution in [2.75, 3.05) is 19.7 Å². The molecule has 1 saturated heterocycles. The number of aromatic nitrogens is 3. The van der Waals surface area contributed by atoms with Crippen LogP contribution in [0.3, 0.4) is 0 Å². The predicted molar refractivity (Wildman–Crippen MR) is 95.6 cm³/mol. The highest BCUT2D eigenvalue weighted by Crippen LogP contribution is 2.17. The number of nitrogens with zero attached hydrogens (tertiary/aromatic N) is 4. The van der Waals surface area contributed by atoms with Gasteiger partial charge in [-0.25, -0.2) is 4.79 Å². The van der Waals surface area contributed by atoms with Crippen molar-refractivity contribution in [2.24, 2.45) is 0 Å². The molecule has 1 aliphatic heterocycles. The Morgan fingerprint density at radius 2 is 2.00 bits per heavy atom. The maximum atomic E-state index is 12.2. The molecule has 0 unspecified atom stereocenters. The molecule has 0 aromatic carbocycles. The second-order valence-corrected chi connectivity index (χ2v) is 6.26. The monoisotopic (exact) mass is 373 g/mol. The molecule has 9 heteroatoms. The van der Waals surface area contributed by atoms with Crippen LogP contribution >= 0.6 is 0 Å². The first kappa shape index (κ1) is 18.8. The Morgan fingerprint density at radius 1 is 1.26 bits per heavy atom. The Bertz CT molecular complexity index is 756. The summed E-state index contributed by atoms with van der Waals surface area (Å²) in [5.74, 6) is 0.779. The van der Waals surface area contributed by atoms with Crippen LogP contribution in [0, 0.1) is 0 Å². The Kier molecular flexibility index (Phi) is 6.35. The molecule has 144 valence electrons. The lowest BCUT2D eigenvalue weighted by Crippen LogP contribution is -2.46. The van der Waals surface area contributed by atoms with E-state index in [0.29, 0.717) is 37.9 Å². The van der Waals surface area contributed by atoms with Gasteiger partial charge in [-0.1, -0.05) is 0 Å². The lowest BCUT2D eigenvalue weighted by molar-refractivity contribution is -0.122. The van der Waals surface area contributed by atoms with Crippen LogP contribution in [0.15, 0.2) is 28.9 Å². The first-order valence-electron chi connectivity index (χ1n) is 9.09. The largest absolute Gasteiger partial charge is 0.450 e. The zero-order chi connectivity index (χ0) is 19.1. The second kappa shape index (κ2) is 9.11. The van der Waals surface area contributed by atoms with E-state index in [0.717, 1.165) is 18.4 Å². The quantitative estimate of drug-likeness (QED) is 0.822. The lowest BCUT2D eigenvalue weighted by Gasteiger charge is -2.31. The number of carbonyl (C=O) groups is 2. The normalized spacial score (nSPS) is 14.8. The van der Waals surface area contributed by atoms with Gasteiger partial charge in [-0.05, 0) is 31.9 Å². The summed E-state index contributed by atoms with van der Waals surface area (Å²) in [5.41, 5.74) is 0.793. The van der Waals surface area contributed by atoms with E-state index in [-0.39, 0.29) is 24.5 Å². The van der Waals surface area contributed by atoms with E-state index < -0.39 is 0 Å². The van der Waals surface area contributed by atoms with Crippen LogP contribution in [-0.2, 0) is 16.0 Å². The highest BCUT2D eigenvalue weighted by molar-refractivity contribution is 5.76. The molecule has 2 aromatic heterocycles. The summed E-state index contributed by atoms with van der Waals surface area (Å²) in [6.45, 7) is 3.33. The Hall–Kier alpha value is -2.97. The molecule has 1 fully saturated rings. The van der Waals surface area contributed by atoms with Gasteiger partial charge in [0.25, 0.3) is 0 Å². The molecule has 27 heavy (non-hydrogen) atoms. The molecule has 0 atom stereocenters. The highest BCUT2D eigenvalue weighted by atomic mass is 16.6. The van der Waals surface area contributed by atoms with E-state index >= 15 is 0 Å². The van der Waals surface area contributed by atoms with Crippen molar-refractivity contribution in [3.05, 3.63) is 30.4 Å². The standard InChI is InChI=1S/C18H23N5O4/c1-2-26-18(25)23-11-7-14(8-12-23)20-15(24)3-4-16-21-22-17(27-16)13-5-9-19-10-6-13/h5-6,9-10,14H,2-4,7-8,11-12H2,1H3,(H,20,24). The molecule has 0 radical (unpaired) electrons. The van der Waals surface area contributed by atoms with Gasteiger partial charge < -0.3 is 19.4 Å². The van der Waals surface area contributed by atoms with Crippen molar-refractivity contribution < 1.29 is 18.7 Å². The second-order valence-electron chi connectivity index (χ2n) is 6.26. The number of piperidine rings is 1. The SMILES string of the molecule is CCOC(=O)N1CCC(NC(=O)CCc2nnc(-c3ccncc3)o2)CC1. The Morgan fingerprint density at radius 3 is 2.70 bits per heavy atom. The van der Waals surface area contributed by atoms with Gasteiger partial charge in [0, 0.05) is 49.9 Å². The fourth-order valence-corrected chi connectivity index (χ4v) is 2.91. The molecular formula is C18H23N5O4. The van der Waals surface area contributed by atoms with Gasteiger partial charge in [0.15, 0.2) is 0 Å². The summed E-state index contributed by atoms with van der Waals surface area (Å²) in [4.78, 5) is 29.5. The molecule has 1 aliphatic rings. The minimum atomic E-state index is -0.288. The third-order valence-electron chi connectivity index (χ3n) is 4.35. The van der Waals surface area contributed by atoms with E-state index in [1.165, 1.54) is 0 Å². The minimum Gasteiger partial charge on any atom is -0.450 e. The average Bonchev–Trinajstić information content (AvgIpc) is 3.17. The Labute approximate surface area is 157 Å². The van der Waals surface area contributed by atoms with Gasteiger partial charge in [0.1, 0.15) is 0 Å². The first-order valence-corrected chi connectivity index (χ1v) is 9.09. The van der Waals surface area contributed by atoms with Crippen LogP contribution in [0.2, 0.25) is 0 Å². The number of aryl methyl sites for hydroxylation is 1. The molecule has 0 aliphatic carbocycles. The molecule has 0 spiro atoms. The molecule has 0 saturated carbocycles. The maximum absolute atomic E-state index is 12.2. The van der Waals surface area contributed by atoms with Gasteiger partial charge in [0.2, 0.25) is 17.7 Å². The lowest BCUT2D eigenvalue weighted by atomic mass is 10.1. The molecule has 3 heterocycles. The van der Waals surface area contributed by atoms with E-state index in [1.807, 2.05) is 0 Å².